The largest absolute Gasteiger partial charge is 0.310 e. The molecule has 1 heterocycles. The zero-order chi connectivity index (χ0) is 13.9. The van der Waals surface area contributed by atoms with Crippen molar-refractivity contribution in [2.75, 3.05) is 0 Å². The Balaban J connectivity index is 1.72. The topological polar surface area (TPSA) is 29.9 Å². The first-order valence-electron chi connectivity index (χ1n) is 7.63. The van der Waals surface area contributed by atoms with Gasteiger partial charge in [0.1, 0.15) is 0 Å². The molecule has 1 N–H and O–H groups in total. The van der Waals surface area contributed by atoms with Gasteiger partial charge in [-0.05, 0) is 37.3 Å². The van der Waals surface area contributed by atoms with E-state index in [0.29, 0.717) is 0 Å². The van der Waals surface area contributed by atoms with Gasteiger partial charge in [0.2, 0.25) is 0 Å². The van der Waals surface area contributed by atoms with E-state index in [1.165, 1.54) is 29.5 Å². The van der Waals surface area contributed by atoms with E-state index in [9.17, 15) is 0 Å². The Morgan fingerprint density at radius 1 is 1.25 bits per heavy atom. The summed E-state index contributed by atoms with van der Waals surface area (Å²) in [5.74, 6) is 0. The summed E-state index contributed by atoms with van der Waals surface area (Å²) in [7, 11) is 0. The lowest BCUT2D eigenvalue weighted by Crippen LogP contribution is -2.14. The molecule has 1 aromatic heterocycles. The molecule has 20 heavy (non-hydrogen) atoms. The van der Waals surface area contributed by atoms with Crippen molar-refractivity contribution in [3.63, 3.8) is 0 Å². The summed E-state index contributed by atoms with van der Waals surface area (Å²) in [6.45, 7) is 6.24. The molecule has 0 aliphatic heterocycles. The zero-order valence-corrected chi connectivity index (χ0v) is 12.4. The predicted octanol–water partition coefficient (Wildman–Crippen LogP) is 3.52. The number of hydrogen-bond acceptors (Lipinski definition) is 2. The molecular weight excluding hydrogens is 246 g/mol. The third-order valence-corrected chi connectivity index (χ3v) is 3.84. The smallest absolute Gasteiger partial charge is 0.0672 e. The van der Waals surface area contributed by atoms with Crippen LogP contribution in [0.4, 0.5) is 0 Å². The van der Waals surface area contributed by atoms with E-state index in [-0.39, 0.29) is 0 Å². The average Bonchev–Trinajstić information content (AvgIpc) is 3.21. The van der Waals surface area contributed by atoms with Crippen molar-refractivity contribution in [2.45, 2.75) is 52.2 Å². The van der Waals surface area contributed by atoms with Crippen molar-refractivity contribution in [1.29, 1.82) is 0 Å². The van der Waals surface area contributed by atoms with Crippen molar-refractivity contribution in [1.82, 2.24) is 15.1 Å². The molecule has 2 aromatic rings. The molecule has 0 amide bonds. The van der Waals surface area contributed by atoms with Crippen LogP contribution in [0.5, 0.6) is 0 Å². The van der Waals surface area contributed by atoms with Gasteiger partial charge in [0.15, 0.2) is 0 Å². The normalized spacial score (nSPS) is 14.7. The van der Waals surface area contributed by atoms with Gasteiger partial charge in [0.05, 0.1) is 5.69 Å². The maximum atomic E-state index is 4.57. The van der Waals surface area contributed by atoms with Crippen LogP contribution in [0.3, 0.4) is 0 Å². The monoisotopic (exact) mass is 269 g/mol. The van der Waals surface area contributed by atoms with E-state index in [2.05, 4.69) is 54.7 Å². The van der Waals surface area contributed by atoms with Crippen molar-refractivity contribution >= 4 is 0 Å². The number of nitrogens with one attached hydrogen (secondary N) is 1. The lowest BCUT2D eigenvalue weighted by molar-refractivity contribution is 0.598. The SMILES string of the molecule is CCCn1cc(-c2ccc(CNC3CC3)cc2)c(C)n1. The van der Waals surface area contributed by atoms with Crippen molar-refractivity contribution in [2.24, 2.45) is 0 Å². The lowest BCUT2D eigenvalue weighted by atomic mass is 10.0. The van der Waals surface area contributed by atoms with Gasteiger partial charge >= 0.3 is 0 Å². The van der Waals surface area contributed by atoms with Crippen LogP contribution in [0.25, 0.3) is 11.1 Å². The Hall–Kier alpha value is -1.61. The third-order valence-electron chi connectivity index (χ3n) is 3.84. The molecule has 3 nitrogen and oxygen atoms in total. The van der Waals surface area contributed by atoms with Crippen LogP contribution in [0.2, 0.25) is 0 Å². The summed E-state index contributed by atoms with van der Waals surface area (Å²) >= 11 is 0. The fourth-order valence-electron chi connectivity index (χ4n) is 2.50. The molecular formula is C17H23N3. The minimum atomic E-state index is 0.768. The van der Waals surface area contributed by atoms with Gasteiger partial charge in [-0.25, -0.2) is 0 Å². The number of rotatable bonds is 6. The standard InChI is InChI=1S/C17H23N3/c1-3-10-20-12-17(13(2)19-20)15-6-4-14(5-7-15)11-18-16-8-9-16/h4-7,12,16,18H,3,8-11H2,1-2H3. The second-order valence-corrected chi connectivity index (χ2v) is 5.74. The molecule has 0 unspecified atom stereocenters. The molecule has 1 fully saturated rings. The molecule has 0 saturated heterocycles. The molecule has 3 rings (SSSR count). The van der Waals surface area contributed by atoms with Crippen LogP contribution in [0.1, 0.15) is 37.4 Å². The Bertz CT molecular complexity index is 564. The van der Waals surface area contributed by atoms with Gasteiger partial charge in [-0.1, -0.05) is 31.2 Å². The summed E-state index contributed by atoms with van der Waals surface area (Å²) in [4.78, 5) is 0. The summed E-state index contributed by atoms with van der Waals surface area (Å²) in [5.41, 5.74) is 4.99. The van der Waals surface area contributed by atoms with Gasteiger partial charge in [-0.3, -0.25) is 4.68 Å². The third kappa shape index (κ3) is 3.10. The Morgan fingerprint density at radius 2 is 2.00 bits per heavy atom. The number of hydrogen-bond donors (Lipinski definition) is 1. The Morgan fingerprint density at radius 3 is 2.65 bits per heavy atom. The Labute approximate surface area is 121 Å². The molecule has 0 atom stereocenters. The van der Waals surface area contributed by atoms with E-state index in [1.807, 2.05) is 4.68 Å². The van der Waals surface area contributed by atoms with Crippen molar-refractivity contribution < 1.29 is 0 Å². The maximum absolute atomic E-state index is 4.57. The average molecular weight is 269 g/mol. The highest BCUT2D eigenvalue weighted by atomic mass is 15.3. The first kappa shape index (κ1) is 13.4. The highest BCUT2D eigenvalue weighted by Gasteiger charge is 2.19. The summed E-state index contributed by atoms with van der Waals surface area (Å²) in [6.07, 6.45) is 5.96. The highest BCUT2D eigenvalue weighted by molar-refractivity contribution is 5.65. The van der Waals surface area contributed by atoms with Crippen LogP contribution in [0.15, 0.2) is 30.5 Å². The highest BCUT2D eigenvalue weighted by Crippen LogP contribution is 2.24. The summed E-state index contributed by atoms with van der Waals surface area (Å²) in [6, 6.07) is 9.64. The van der Waals surface area contributed by atoms with E-state index >= 15 is 0 Å². The van der Waals surface area contributed by atoms with Crippen LogP contribution in [-0.4, -0.2) is 15.8 Å². The molecule has 0 radical (unpaired) electrons. The van der Waals surface area contributed by atoms with Crippen LogP contribution in [0, 0.1) is 6.92 Å². The quantitative estimate of drug-likeness (QED) is 0.869. The summed E-state index contributed by atoms with van der Waals surface area (Å²) in [5, 5.41) is 8.12. The molecule has 106 valence electrons. The number of benzene rings is 1. The molecule has 1 aromatic carbocycles. The van der Waals surface area contributed by atoms with Gasteiger partial charge in [-0.2, -0.15) is 5.10 Å². The van der Waals surface area contributed by atoms with Crippen LogP contribution < -0.4 is 5.32 Å². The number of aromatic nitrogens is 2. The second-order valence-electron chi connectivity index (χ2n) is 5.74. The van der Waals surface area contributed by atoms with E-state index < -0.39 is 0 Å². The molecule has 0 spiro atoms. The van der Waals surface area contributed by atoms with E-state index in [0.717, 1.165) is 31.2 Å². The number of aryl methyl sites for hydroxylation is 2. The maximum Gasteiger partial charge on any atom is 0.0672 e. The van der Waals surface area contributed by atoms with Gasteiger partial charge in [0.25, 0.3) is 0 Å². The fourth-order valence-corrected chi connectivity index (χ4v) is 2.50. The Kier molecular flexibility index (Phi) is 3.88. The molecule has 0 bridgehead atoms. The molecule has 1 saturated carbocycles. The predicted molar refractivity (Wildman–Crippen MR) is 82.6 cm³/mol. The van der Waals surface area contributed by atoms with E-state index in [4.69, 9.17) is 0 Å². The first-order valence-corrected chi connectivity index (χ1v) is 7.63. The fraction of sp³-hybridized carbons (Fsp3) is 0.471. The second kappa shape index (κ2) is 5.80. The summed E-state index contributed by atoms with van der Waals surface area (Å²) < 4.78 is 2.05. The van der Waals surface area contributed by atoms with Crippen molar-refractivity contribution in [3.8, 4) is 11.1 Å². The van der Waals surface area contributed by atoms with Gasteiger partial charge in [-0.15, -0.1) is 0 Å². The van der Waals surface area contributed by atoms with E-state index in [1.54, 1.807) is 0 Å². The number of nitrogens with zero attached hydrogens (tertiary/aromatic N) is 2. The van der Waals surface area contributed by atoms with Crippen molar-refractivity contribution in [3.05, 3.63) is 41.7 Å². The van der Waals surface area contributed by atoms with Gasteiger partial charge < -0.3 is 5.32 Å². The van der Waals surface area contributed by atoms with Gasteiger partial charge in [0, 0.05) is 30.9 Å². The zero-order valence-electron chi connectivity index (χ0n) is 12.4. The minimum absolute atomic E-state index is 0.768. The molecule has 1 aliphatic carbocycles. The molecule has 3 heteroatoms. The lowest BCUT2D eigenvalue weighted by Gasteiger charge is -2.04. The van der Waals surface area contributed by atoms with Crippen LogP contribution in [-0.2, 0) is 13.1 Å². The minimum Gasteiger partial charge on any atom is -0.310 e. The molecule has 1 aliphatic rings. The first-order chi connectivity index (χ1) is 9.76. The van der Waals surface area contributed by atoms with Crippen LogP contribution >= 0.6 is 0 Å².